The Hall–Kier alpha value is -1.58. The van der Waals surface area contributed by atoms with E-state index in [2.05, 4.69) is 0 Å². The summed E-state index contributed by atoms with van der Waals surface area (Å²) >= 11 is 0. The van der Waals surface area contributed by atoms with Gasteiger partial charge in [0.1, 0.15) is 0 Å². The molecule has 0 saturated carbocycles. The molecule has 62 valence electrons. The minimum absolute atomic E-state index is 0.387. The van der Waals surface area contributed by atoms with Gasteiger partial charge in [-0.2, -0.15) is 0 Å². The van der Waals surface area contributed by atoms with E-state index in [1.807, 2.05) is 6.92 Å². The molecule has 0 atom stereocenters. The van der Waals surface area contributed by atoms with Crippen LogP contribution in [0.15, 0.2) is 18.2 Å². The van der Waals surface area contributed by atoms with Crippen molar-refractivity contribution in [3.63, 3.8) is 0 Å². The molecular formula is C9H6BNO2. The summed E-state index contributed by atoms with van der Waals surface area (Å²) < 4.78 is 0. The van der Waals surface area contributed by atoms with Crippen LogP contribution in [0.25, 0.3) is 0 Å². The predicted octanol–water partition coefficient (Wildman–Crippen LogP) is 0.675. The van der Waals surface area contributed by atoms with Gasteiger partial charge in [0.15, 0.2) is 0 Å². The summed E-state index contributed by atoms with van der Waals surface area (Å²) in [4.78, 5) is 23.3. The third-order valence-corrected chi connectivity index (χ3v) is 2.07. The van der Waals surface area contributed by atoms with Crippen molar-refractivity contribution in [3.05, 3.63) is 34.9 Å². The van der Waals surface area contributed by atoms with Gasteiger partial charge in [0, 0.05) is 0 Å². The van der Waals surface area contributed by atoms with Crippen molar-refractivity contribution in [2.75, 3.05) is 0 Å². The van der Waals surface area contributed by atoms with E-state index in [0.717, 1.165) is 5.56 Å². The monoisotopic (exact) mass is 171 g/mol. The molecule has 1 aromatic rings. The largest absolute Gasteiger partial charge is 0.332 e. The summed E-state index contributed by atoms with van der Waals surface area (Å²) in [6.07, 6.45) is 0. The summed E-state index contributed by atoms with van der Waals surface area (Å²) in [7, 11) is 5.26. The lowest BCUT2D eigenvalue weighted by Gasteiger charge is -2.03. The molecule has 2 rings (SSSR count). The van der Waals surface area contributed by atoms with Crippen LogP contribution >= 0.6 is 0 Å². The highest BCUT2D eigenvalue weighted by Gasteiger charge is 2.31. The number of benzene rings is 1. The van der Waals surface area contributed by atoms with Crippen molar-refractivity contribution in [1.82, 2.24) is 4.81 Å². The molecule has 0 N–H and O–H groups in total. The van der Waals surface area contributed by atoms with E-state index in [-0.39, 0.29) is 0 Å². The fourth-order valence-corrected chi connectivity index (χ4v) is 1.37. The minimum Gasteiger partial charge on any atom is -0.332 e. The normalized spacial score (nSPS) is 15.0. The number of rotatable bonds is 0. The van der Waals surface area contributed by atoms with Crippen molar-refractivity contribution in [1.29, 1.82) is 0 Å². The van der Waals surface area contributed by atoms with E-state index < -0.39 is 11.8 Å². The Labute approximate surface area is 76.8 Å². The Balaban J connectivity index is 2.67. The van der Waals surface area contributed by atoms with Gasteiger partial charge in [0.2, 0.25) is 19.8 Å². The summed E-state index contributed by atoms with van der Waals surface area (Å²) in [5.41, 5.74) is 1.72. The van der Waals surface area contributed by atoms with Crippen molar-refractivity contribution in [2.45, 2.75) is 6.92 Å². The van der Waals surface area contributed by atoms with Gasteiger partial charge in [-0.3, -0.25) is 9.59 Å². The Bertz CT molecular complexity index is 414. The van der Waals surface area contributed by atoms with Crippen LogP contribution in [-0.4, -0.2) is 24.6 Å². The Morgan fingerprint density at radius 2 is 1.77 bits per heavy atom. The fourth-order valence-electron chi connectivity index (χ4n) is 1.37. The third-order valence-electron chi connectivity index (χ3n) is 2.07. The van der Waals surface area contributed by atoms with Crippen molar-refractivity contribution in [2.24, 2.45) is 0 Å². The van der Waals surface area contributed by atoms with E-state index in [4.69, 9.17) is 7.98 Å². The van der Waals surface area contributed by atoms with Crippen LogP contribution in [0.5, 0.6) is 0 Å². The zero-order chi connectivity index (χ0) is 9.59. The number of hydrogen-bond acceptors (Lipinski definition) is 2. The zero-order valence-corrected chi connectivity index (χ0v) is 7.07. The molecule has 3 nitrogen and oxygen atoms in total. The number of amides is 2. The second-order valence-corrected chi connectivity index (χ2v) is 3.03. The molecule has 0 unspecified atom stereocenters. The van der Waals surface area contributed by atoms with Gasteiger partial charge >= 0.3 is 0 Å². The second kappa shape index (κ2) is 2.45. The van der Waals surface area contributed by atoms with Gasteiger partial charge in [-0.05, 0) is 19.1 Å². The lowest BCUT2D eigenvalue weighted by molar-refractivity contribution is 0.0766. The fraction of sp³-hybridized carbons (Fsp3) is 0.111. The maximum Gasteiger partial charge on any atom is 0.248 e. The number of hydrogen-bond donors (Lipinski definition) is 0. The SMILES string of the molecule is [B]N1C(=O)c2ccc(C)cc2C1=O. The predicted molar refractivity (Wildman–Crippen MR) is 47.4 cm³/mol. The van der Waals surface area contributed by atoms with Crippen LogP contribution in [0.1, 0.15) is 26.3 Å². The maximum absolute atomic E-state index is 11.3. The Kier molecular flexibility index (Phi) is 1.52. The number of fused-ring (bicyclic) bond motifs is 1. The molecular weight excluding hydrogens is 165 g/mol. The average Bonchev–Trinajstić information content (AvgIpc) is 2.32. The number of carbonyl (C=O) groups is 2. The summed E-state index contributed by atoms with van der Waals surface area (Å²) in [5, 5.41) is 0. The van der Waals surface area contributed by atoms with E-state index in [9.17, 15) is 9.59 Å². The summed E-state index contributed by atoms with van der Waals surface area (Å²) in [6.45, 7) is 1.86. The molecule has 1 aliphatic heterocycles. The second-order valence-electron chi connectivity index (χ2n) is 3.03. The molecule has 0 aliphatic carbocycles. The van der Waals surface area contributed by atoms with Crippen LogP contribution in [0.3, 0.4) is 0 Å². The van der Waals surface area contributed by atoms with E-state index in [0.29, 0.717) is 15.9 Å². The number of imide groups is 1. The van der Waals surface area contributed by atoms with Gasteiger partial charge in [-0.15, -0.1) is 0 Å². The molecule has 2 radical (unpaired) electrons. The van der Waals surface area contributed by atoms with Crippen molar-refractivity contribution in [3.8, 4) is 0 Å². The van der Waals surface area contributed by atoms with Gasteiger partial charge < -0.3 is 4.81 Å². The highest BCUT2D eigenvalue weighted by atomic mass is 16.2. The molecule has 4 heteroatoms. The lowest BCUT2D eigenvalue weighted by atomic mass is 10.1. The zero-order valence-electron chi connectivity index (χ0n) is 7.07. The summed E-state index contributed by atoms with van der Waals surface area (Å²) in [5.74, 6) is -0.858. The van der Waals surface area contributed by atoms with Crippen LogP contribution in [0.2, 0.25) is 0 Å². The molecule has 0 fully saturated rings. The van der Waals surface area contributed by atoms with Crippen molar-refractivity contribution >= 4 is 19.8 Å². The van der Waals surface area contributed by atoms with Crippen LogP contribution < -0.4 is 0 Å². The first kappa shape index (κ1) is 8.04. The lowest BCUT2D eigenvalue weighted by Crippen LogP contribution is -2.26. The smallest absolute Gasteiger partial charge is 0.248 e. The van der Waals surface area contributed by atoms with Crippen LogP contribution in [0.4, 0.5) is 0 Å². The molecule has 2 amide bonds. The number of carbonyl (C=O) groups excluding carboxylic acids is 2. The Morgan fingerprint density at radius 1 is 1.15 bits per heavy atom. The van der Waals surface area contributed by atoms with E-state index >= 15 is 0 Å². The topological polar surface area (TPSA) is 37.4 Å². The molecule has 13 heavy (non-hydrogen) atoms. The first-order valence-corrected chi connectivity index (χ1v) is 3.85. The molecule has 1 aromatic carbocycles. The highest BCUT2D eigenvalue weighted by molar-refractivity contribution is 6.36. The average molecular weight is 171 g/mol. The first-order valence-electron chi connectivity index (χ1n) is 3.85. The maximum atomic E-state index is 11.3. The molecule has 1 aliphatic rings. The Morgan fingerprint density at radius 3 is 2.46 bits per heavy atom. The van der Waals surface area contributed by atoms with Gasteiger partial charge in [-0.25, -0.2) is 0 Å². The van der Waals surface area contributed by atoms with Crippen LogP contribution in [-0.2, 0) is 0 Å². The summed E-state index contributed by atoms with van der Waals surface area (Å²) in [6, 6.07) is 5.07. The first-order chi connectivity index (χ1) is 6.11. The van der Waals surface area contributed by atoms with E-state index in [1.165, 1.54) is 0 Å². The highest BCUT2D eigenvalue weighted by Crippen LogP contribution is 2.21. The molecule has 0 bridgehead atoms. The quantitative estimate of drug-likeness (QED) is 0.425. The van der Waals surface area contributed by atoms with Gasteiger partial charge in [0.25, 0.3) is 0 Å². The third kappa shape index (κ3) is 0.984. The number of nitrogens with zero attached hydrogens (tertiary/aromatic N) is 1. The molecule has 0 saturated heterocycles. The molecule has 0 aromatic heterocycles. The molecule has 1 heterocycles. The standard InChI is InChI=1S/C9H6BNO2/c1-5-2-3-6-7(4-5)9(13)11(10)8(6)12/h2-4H,1H3. The van der Waals surface area contributed by atoms with Crippen molar-refractivity contribution < 1.29 is 9.59 Å². The number of aryl methyl sites for hydroxylation is 1. The molecule has 0 spiro atoms. The van der Waals surface area contributed by atoms with Crippen LogP contribution in [0, 0.1) is 6.92 Å². The van der Waals surface area contributed by atoms with Gasteiger partial charge in [-0.1, -0.05) is 11.6 Å². The minimum atomic E-state index is -0.431. The van der Waals surface area contributed by atoms with E-state index in [1.54, 1.807) is 18.2 Å². The van der Waals surface area contributed by atoms with Gasteiger partial charge in [0.05, 0.1) is 11.1 Å².